The number of piperidine rings is 1. The van der Waals surface area contributed by atoms with Crippen LogP contribution in [0.25, 0.3) is 11.0 Å². The van der Waals surface area contributed by atoms with Gasteiger partial charge in [-0.2, -0.15) is 4.31 Å². The number of nitrogens with one attached hydrogen (secondary N) is 2. The van der Waals surface area contributed by atoms with Crippen LogP contribution in [0.15, 0.2) is 57.8 Å². The molecule has 1 saturated heterocycles. The number of fused-ring (bicyclic) bond motifs is 1. The summed E-state index contributed by atoms with van der Waals surface area (Å²) in [5, 5.41) is 0.827. The van der Waals surface area contributed by atoms with Crippen LogP contribution in [0.4, 0.5) is 0 Å². The van der Waals surface area contributed by atoms with Gasteiger partial charge in [0, 0.05) is 24.0 Å². The smallest absolute Gasteiger partial charge is 0.305 e. The highest BCUT2D eigenvalue weighted by Crippen LogP contribution is 2.25. The van der Waals surface area contributed by atoms with Gasteiger partial charge in [-0.15, -0.1) is 0 Å². The van der Waals surface area contributed by atoms with Crippen LogP contribution in [-0.4, -0.2) is 37.6 Å². The number of para-hydroxylation sites is 1. The molecule has 2 N–H and O–H groups in total. The number of carbonyl (C=O) groups is 2. The number of benzene rings is 2. The molecule has 3 aromatic rings. The van der Waals surface area contributed by atoms with Crippen molar-refractivity contribution in [2.24, 2.45) is 5.92 Å². The van der Waals surface area contributed by atoms with Gasteiger partial charge >= 0.3 is 5.91 Å². The quantitative estimate of drug-likeness (QED) is 0.588. The van der Waals surface area contributed by atoms with E-state index in [2.05, 4.69) is 10.9 Å². The highest BCUT2D eigenvalue weighted by Gasteiger charge is 2.33. The van der Waals surface area contributed by atoms with Gasteiger partial charge in [-0.05, 0) is 44.9 Å². The zero-order valence-electron chi connectivity index (χ0n) is 17.9. The maximum Gasteiger partial charge on any atom is 0.305 e. The SMILES string of the molecule is Cc1ccc(S(=O)(=O)N2CCC[C@@H](C(=O)NNC(=O)c3oc4ccccc4c3C)C2)cc1. The average molecular weight is 456 g/mol. The van der Waals surface area contributed by atoms with Crippen molar-refractivity contribution in [2.45, 2.75) is 31.6 Å². The minimum absolute atomic E-state index is 0.0571. The first-order chi connectivity index (χ1) is 15.3. The number of furan rings is 1. The Bertz CT molecular complexity index is 1260. The van der Waals surface area contributed by atoms with Crippen molar-refractivity contribution in [3.63, 3.8) is 0 Å². The van der Waals surface area contributed by atoms with Crippen LogP contribution in [-0.2, 0) is 14.8 Å². The van der Waals surface area contributed by atoms with Gasteiger partial charge in [0.15, 0.2) is 5.76 Å². The normalized spacial score (nSPS) is 17.2. The highest BCUT2D eigenvalue weighted by molar-refractivity contribution is 7.89. The molecule has 2 amide bonds. The molecule has 168 valence electrons. The molecule has 9 heteroatoms. The van der Waals surface area contributed by atoms with E-state index in [1.807, 2.05) is 25.1 Å². The first kappa shape index (κ1) is 22.0. The number of nitrogens with zero attached hydrogens (tertiary/aromatic N) is 1. The van der Waals surface area contributed by atoms with Gasteiger partial charge < -0.3 is 4.42 Å². The van der Waals surface area contributed by atoms with Crippen molar-refractivity contribution in [3.05, 3.63) is 65.4 Å². The first-order valence-corrected chi connectivity index (χ1v) is 11.9. The molecule has 4 rings (SSSR count). The summed E-state index contributed by atoms with van der Waals surface area (Å²) < 4.78 is 32.8. The number of carbonyl (C=O) groups excluding carboxylic acids is 2. The summed E-state index contributed by atoms with van der Waals surface area (Å²) in [5.74, 6) is -1.44. The van der Waals surface area contributed by atoms with E-state index in [1.165, 1.54) is 4.31 Å². The molecule has 1 aliphatic heterocycles. The Kier molecular flexibility index (Phi) is 6.03. The molecule has 0 unspecified atom stereocenters. The number of hydrogen-bond acceptors (Lipinski definition) is 5. The third-order valence-corrected chi connectivity index (χ3v) is 7.64. The molecule has 0 aliphatic carbocycles. The molecule has 2 aromatic carbocycles. The standard InChI is InChI=1S/C23H25N3O5S/c1-15-9-11-18(12-10-15)32(29,30)26-13-5-6-17(14-26)22(27)24-25-23(28)21-16(2)19-7-3-4-8-20(19)31-21/h3-4,7-12,17H,5-6,13-14H2,1-2H3,(H,24,27)(H,25,28)/t17-/m1/s1. The summed E-state index contributed by atoms with van der Waals surface area (Å²) in [6, 6.07) is 13.9. The topological polar surface area (TPSA) is 109 Å². The van der Waals surface area contributed by atoms with Crippen molar-refractivity contribution < 1.29 is 22.4 Å². The number of hydrogen-bond donors (Lipinski definition) is 2. The average Bonchev–Trinajstić information content (AvgIpc) is 3.14. The Morgan fingerprint density at radius 2 is 1.75 bits per heavy atom. The Morgan fingerprint density at radius 1 is 1.03 bits per heavy atom. The largest absolute Gasteiger partial charge is 0.451 e. The summed E-state index contributed by atoms with van der Waals surface area (Å²) in [5.41, 5.74) is 7.05. The molecule has 1 fully saturated rings. The van der Waals surface area contributed by atoms with E-state index >= 15 is 0 Å². The van der Waals surface area contributed by atoms with E-state index in [0.29, 0.717) is 30.5 Å². The molecule has 0 radical (unpaired) electrons. The molecule has 0 spiro atoms. The molecule has 1 atom stereocenters. The van der Waals surface area contributed by atoms with Gasteiger partial charge in [0.25, 0.3) is 0 Å². The second kappa shape index (κ2) is 8.76. The van der Waals surface area contributed by atoms with Crippen molar-refractivity contribution >= 4 is 32.8 Å². The lowest BCUT2D eigenvalue weighted by molar-refractivity contribution is -0.126. The van der Waals surface area contributed by atoms with Crippen LogP contribution >= 0.6 is 0 Å². The van der Waals surface area contributed by atoms with Crippen LogP contribution in [0, 0.1) is 19.8 Å². The fraction of sp³-hybridized carbons (Fsp3) is 0.304. The number of amides is 2. The summed E-state index contributed by atoms with van der Waals surface area (Å²) in [6.07, 6.45) is 1.09. The molecule has 32 heavy (non-hydrogen) atoms. The number of hydrazine groups is 1. The Hall–Kier alpha value is -3.17. The molecule has 0 saturated carbocycles. The lowest BCUT2D eigenvalue weighted by Gasteiger charge is -2.31. The van der Waals surface area contributed by atoms with E-state index in [0.717, 1.165) is 10.9 Å². The molecule has 1 aliphatic rings. The maximum atomic E-state index is 13.0. The second-order valence-electron chi connectivity index (χ2n) is 8.01. The van der Waals surface area contributed by atoms with Crippen LogP contribution in [0.5, 0.6) is 0 Å². The Balaban J connectivity index is 1.40. The minimum atomic E-state index is -3.69. The zero-order chi connectivity index (χ0) is 22.9. The van der Waals surface area contributed by atoms with Crippen molar-refractivity contribution in [1.29, 1.82) is 0 Å². The van der Waals surface area contributed by atoms with Crippen molar-refractivity contribution in [2.75, 3.05) is 13.1 Å². The summed E-state index contributed by atoms with van der Waals surface area (Å²) in [4.78, 5) is 25.4. The zero-order valence-corrected chi connectivity index (χ0v) is 18.7. The fourth-order valence-corrected chi connectivity index (χ4v) is 5.43. The summed E-state index contributed by atoms with van der Waals surface area (Å²) in [7, 11) is -3.69. The number of sulfonamides is 1. The van der Waals surface area contributed by atoms with Gasteiger partial charge in [-0.25, -0.2) is 8.42 Å². The molecule has 1 aromatic heterocycles. The Labute approximate surface area is 186 Å². The van der Waals surface area contributed by atoms with Crippen molar-refractivity contribution in [3.8, 4) is 0 Å². The van der Waals surface area contributed by atoms with E-state index in [9.17, 15) is 18.0 Å². The van der Waals surface area contributed by atoms with Crippen molar-refractivity contribution in [1.82, 2.24) is 15.2 Å². The number of aryl methyl sites for hydroxylation is 2. The molecule has 2 heterocycles. The molecular formula is C23H25N3O5S. The fourth-order valence-electron chi connectivity index (χ4n) is 3.90. The third-order valence-electron chi connectivity index (χ3n) is 5.76. The summed E-state index contributed by atoms with van der Waals surface area (Å²) in [6.45, 7) is 4.07. The van der Waals surface area contributed by atoms with E-state index in [-0.39, 0.29) is 17.2 Å². The lowest BCUT2D eigenvalue weighted by atomic mass is 9.99. The van der Waals surface area contributed by atoms with Crippen LogP contribution < -0.4 is 10.9 Å². The Morgan fingerprint density at radius 3 is 2.47 bits per heavy atom. The lowest BCUT2D eigenvalue weighted by Crippen LogP contribution is -2.50. The van der Waals surface area contributed by atoms with Gasteiger partial charge in [0.2, 0.25) is 15.9 Å². The predicted molar refractivity (Wildman–Crippen MR) is 119 cm³/mol. The maximum absolute atomic E-state index is 13.0. The highest BCUT2D eigenvalue weighted by atomic mass is 32.2. The predicted octanol–water partition coefficient (Wildman–Crippen LogP) is 2.91. The number of rotatable bonds is 4. The van der Waals surface area contributed by atoms with E-state index in [4.69, 9.17) is 4.42 Å². The summed E-state index contributed by atoms with van der Waals surface area (Å²) >= 11 is 0. The first-order valence-electron chi connectivity index (χ1n) is 10.4. The molecule has 8 nitrogen and oxygen atoms in total. The van der Waals surface area contributed by atoms with Crippen LogP contribution in [0.2, 0.25) is 0 Å². The monoisotopic (exact) mass is 455 g/mol. The van der Waals surface area contributed by atoms with E-state index in [1.54, 1.807) is 37.3 Å². The molecule has 0 bridgehead atoms. The van der Waals surface area contributed by atoms with E-state index < -0.39 is 27.8 Å². The van der Waals surface area contributed by atoms with Crippen LogP contribution in [0.1, 0.15) is 34.5 Å². The third kappa shape index (κ3) is 4.26. The van der Waals surface area contributed by atoms with Gasteiger partial charge in [-0.1, -0.05) is 35.9 Å². The van der Waals surface area contributed by atoms with Gasteiger partial charge in [-0.3, -0.25) is 20.4 Å². The van der Waals surface area contributed by atoms with Gasteiger partial charge in [0.1, 0.15) is 5.58 Å². The van der Waals surface area contributed by atoms with Gasteiger partial charge in [0.05, 0.1) is 10.8 Å². The van der Waals surface area contributed by atoms with Crippen LogP contribution in [0.3, 0.4) is 0 Å². The minimum Gasteiger partial charge on any atom is -0.451 e. The second-order valence-corrected chi connectivity index (χ2v) is 9.95. The molecular weight excluding hydrogens is 430 g/mol.